The lowest BCUT2D eigenvalue weighted by atomic mass is 9.90. The molecule has 6 nitrogen and oxygen atoms in total. The molecule has 1 saturated carbocycles. The van der Waals surface area contributed by atoms with Crippen LogP contribution >= 0.6 is 0 Å². The number of anilines is 1. The molecule has 0 aromatic carbocycles. The Morgan fingerprint density at radius 3 is 2.48 bits per heavy atom. The van der Waals surface area contributed by atoms with Crippen molar-refractivity contribution in [3.05, 3.63) is 22.7 Å². The van der Waals surface area contributed by atoms with Crippen molar-refractivity contribution in [3.63, 3.8) is 0 Å². The summed E-state index contributed by atoms with van der Waals surface area (Å²) < 4.78 is 1.56. The fourth-order valence-electron chi connectivity index (χ4n) is 2.87. The monoisotopic (exact) mass is 293 g/mol. The second-order valence-corrected chi connectivity index (χ2v) is 6.01. The summed E-state index contributed by atoms with van der Waals surface area (Å²) >= 11 is 0. The number of nitrogens with one attached hydrogen (secondary N) is 1. The van der Waals surface area contributed by atoms with Crippen molar-refractivity contribution in [1.82, 2.24) is 9.55 Å². The van der Waals surface area contributed by atoms with Crippen molar-refractivity contribution in [2.75, 3.05) is 5.32 Å². The maximum absolute atomic E-state index is 12.4. The first-order chi connectivity index (χ1) is 9.96. The molecule has 2 rings (SSSR count). The van der Waals surface area contributed by atoms with E-state index < -0.39 is 11.5 Å². The minimum atomic E-state index is -1.07. The van der Waals surface area contributed by atoms with Crippen molar-refractivity contribution in [2.45, 2.75) is 64.0 Å². The molecule has 6 heteroatoms. The average molecular weight is 293 g/mol. The molecule has 0 saturated heterocycles. The van der Waals surface area contributed by atoms with E-state index in [4.69, 9.17) is 0 Å². The van der Waals surface area contributed by atoms with Crippen molar-refractivity contribution >= 4 is 11.8 Å². The van der Waals surface area contributed by atoms with Crippen LogP contribution in [0.25, 0.3) is 0 Å². The molecule has 0 atom stereocenters. The van der Waals surface area contributed by atoms with Crippen LogP contribution in [0.2, 0.25) is 0 Å². The molecule has 21 heavy (non-hydrogen) atoms. The van der Waals surface area contributed by atoms with Gasteiger partial charge in [-0.25, -0.2) is 9.78 Å². The number of carboxylic acid groups (broad SMARTS) is 1. The van der Waals surface area contributed by atoms with Crippen molar-refractivity contribution in [1.29, 1.82) is 0 Å². The van der Waals surface area contributed by atoms with Crippen LogP contribution in [-0.2, 0) is 4.79 Å². The molecule has 2 N–H and O–H groups in total. The van der Waals surface area contributed by atoms with Crippen LogP contribution < -0.4 is 10.9 Å². The minimum Gasteiger partial charge on any atom is -0.480 e. The molecular weight excluding hydrogens is 270 g/mol. The highest BCUT2D eigenvalue weighted by Crippen LogP contribution is 2.30. The molecule has 1 aromatic heterocycles. The van der Waals surface area contributed by atoms with Crippen LogP contribution in [0.5, 0.6) is 0 Å². The lowest BCUT2D eigenvalue weighted by Crippen LogP contribution is -2.48. The molecule has 0 unspecified atom stereocenters. The Labute approximate surface area is 124 Å². The number of carbonyl (C=O) groups is 1. The molecule has 0 spiro atoms. The van der Waals surface area contributed by atoms with Gasteiger partial charge in [0.15, 0.2) is 5.82 Å². The van der Waals surface area contributed by atoms with Crippen LogP contribution in [-0.4, -0.2) is 26.2 Å². The highest BCUT2D eigenvalue weighted by atomic mass is 16.4. The molecule has 1 heterocycles. The average Bonchev–Trinajstić information content (AvgIpc) is 2.67. The van der Waals surface area contributed by atoms with E-state index in [1.807, 2.05) is 13.8 Å². The summed E-state index contributed by atoms with van der Waals surface area (Å²) in [4.78, 5) is 28.2. The Morgan fingerprint density at radius 2 is 1.95 bits per heavy atom. The molecule has 0 aliphatic heterocycles. The summed E-state index contributed by atoms with van der Waals surface area (Å²) in [6, 6.07) is 0.0101. The summed E-state index contributed by atoms with van der Waals surface area (Å²) in [6.07, 6.45) is 7.99. The standard InChI is InChI=1S/C15H23N3O3/c1-11(2)18-10-9-16-12(13(18)19)17-15(14(20)21)7-5-3-4-6-8-15/h9-11H,3-8H2,1-2H3,(H,16,17)(H,20,21). The lowest BCUT2D eigenvalue weighted by molar-refractivity contribution is -0.142. The number of hydrogen-bond acceptors (Lipinski definition) is 4. The summed E-state index contributed by atoms with van der Waals surface area (Å²) in [5.74, 6) is -0.763. The van der Waals surface area contributed by atoms with E-state index in [2.05, 4.69) is 10.3 Å². The number of aromatic nitrogens is 2. The van der Waals surface area contributed by atoms with Crippen molar-refractivity contribution in [2.24, 2.45) is 0 Å². The molecule has 1 aliphatic rings. The Balaban J connectivity index is 2.35. The zero-order valence-electron chi connectivity index (χ0n) is 12.6. The van der Waals surface area contributed by atoms with Gasteiger partial charge in [0.2, 0.25) is 0 Å². The summed E-state index contributed by atoms with van der Waals surface area (Å²) in [7, 11) is 0. The quantitative estimate of drug-likeness (QED) is 0.833. The largest absolute Gasteiger partial charge is 0.480 e. The Bertz CT molecular complexity index is 558. The summed E-state index contributed by atoms with van der Waals surface area (Å²) in [5, 5.41) is 12.6. The third kappa shape index (κ3) is 3.25. The molecule has 0 amide bonds. The van der Waals surface area contributed by atoms with Crippen LogP contribution in [0.15, 0.2) is 17.2 Å². The zero-order chi connectivity index (χ0) is 15.5. The first-order valence-electron chi connectivity index (χ1n) is 7.55. The molecular formula is C15H23N3O3. The third-order valence-corrected chi connectivity index (χ3v) is 4.15. The van der Waals surface area contributed by atoms with Crippen LogP contribution in [0.4, 0.5) is 5.82 Å². The zero-order valence-corrected chi connectivity index (χ0v) is 12.6. The minimum absolute atomic E-state index is 0.0101. The van der Waals surface area contributed by atoms with Gasteiger partial charge in [0.1, 0.15) is 5.54 Å². The maximum atomic E-state index is 12.4. The van der Waals surface area contributed by atoms with E-state index in [1.54, 1.807) is 10.8 Å². The fourth-order valence-corrected chi connectivity index (χ4v) is 2.87. The third-order valence-electron chi connectivity index (χ3n) is 4.15. The SMILES string of the molecule is CC(C)n1ccnc(NC2(C(=O)O)CCCCCC2)c1=O. The fraction of sp³-hybridized carbons (Fsp3) is 0.667. The smallest absolute Gasteiger partial charge is 0.329 e. The van der Waals surface area contributed by atoms with Gasteiger partial charge in [-0.2, -0.15) is 0 Å². The first-order valence-corrected chi connectivity index (χ1v) is 7.55. The van der Waals surface area contributed by atoms with Gasteiger partial charge in [0.05, 0.1) is 0 Å². The Morgan fingerprint density at radius 1 is 1.33 bits per heavy atom. The Hall–Kier alpha value is -1.85. The van der Waals surface area contributed by atoms with Gasteiger partial charge in [-0.1, -0.05) is 25.7 Å². The molecule has 1 aliphatic carbocycles. The van der Waals surface area contributed by atoms with Crippen LogP contribution in [0.3, 0.4) is 0 Å². The molecule has 0 radical (unpaired) electrons. The van der Waals surface area contributed by atoms with E-state index in [0.717, 1.165) is 25.7 Å². The normalized spacial score (nSPS) is 18.2. The predicted molar refractivity (Wildman–Crippen MR) is 80.6 cm³/mol. The number of nitrogens with zero attached hydrogens (tertiary/aromatic N) is 2. The van der Waals surface area contributed by atoms with Gasteiger partial charge in [-0.15, -0.1) is 0 Å². The van der Waals surface area contributed by atoms with Gasteiger partial charge in [0.25, 0.3) is 5.56 Å². The van der Waals surface area contributed by atoms with E-state index >= 15 is 0 Å². The number of rotatable bonds is 4. The lowest BCUT2D eigenvalue weighted by Gasteiger charge is -2.29. The molecule has 116 valence electrons. The van der Waals surface area contributed by atoms with Crippen molar-refractivity contribution in [3.8, 4) is 0 Å². The molecule has 0 bridgehead atoms. The predicted octanol–water partition coefficient (Wildman–Crippen LogP) is 2.41. The number of aliphatic carboxylic acids is 1. The number of carboxylic acids is 1. The molecule has 1 fully saturated rings. The van der Waals surface area contributed by atoms with Crippen LogP contribution in [0, 0.1) is 0 Å². The highest BCUT2D eigenvalue weighted by Gasteiger charge is 2.39. The topological polar surface area (TPSA) is 84.2 Å². The van der Waals surface area contributed by atoms with Gasteiger partial charge in [-0.05, 0) is 26.7 Å². The maximum Gasteiger partial charge on any atom is 0.329 e. The first kappa shape index (κ1) is 15.5. The Kier molecular flexibility index (Phi) is 4.65. The highest BCUT2D eigenvalue weighted by molar-refractivity contribution is 5.82. The summed E-state index contributed by atoms with van der Waals surface area (Å²) in [6.45, 7) is 3.81. The second-order valence-electron chi connectivity index (χ2n) is 6.01. The number of hydrogen-bond donors (Lipinski definition) is 2. The van der Waals surface area contributed by atoms with E-state index in [9.17, 15) is 14.7 Å². The van der Waals surface area contributed by atoms with E-state index in [0.29, 0.717) is 12.8 Å². The molecule has 1 aromatic rings. The van der Waals surface area contributed by atoms with Gasteiger partial charge >= 0.3 is 5.97 Å². The van der Waals surface area contributed by atoms with E-state index in [-0.39, 0.29) is 17.4 Å². The van der Waals surface area contributed by atoms with Crippen LogP contribution in [0.1, 0.15) is 58.4 Å². The second kappa shape index (κ2) is 6.28. The van der Waals surface area contributed by atoms with Gasteiger partial charge in [-0.3, -0.25) is 4.79 Å². The summed E-state index contributed by atoms with van der Waals surface area (Å²) in [5.41, 5.74) is -1.34. The van der Waals surface area contributed by atoms with Gasteiger partial charge in [0, 0.05) is 18.4 Å². The van der Waals surface area contributed by atoms with E-state index in [1.165, 1.54) is 6.20 Å². The van der Waals surface area contributed by atoms with Gasteiger partial charge < -0.3 is 15.0 Å². The van der Waals surface area contributed by atoms with Crippen molar-refractivity contribution < 1.29 is 9.90 Å².